The molecule has 2 fully saturated rings. The summed E-state index contributed by atoms with van der Waals surface area (Å²) in [5.74, 6) is -0.422. The second kappa shape index (κ2) is 5.04. The summed E-state index contributed by atoms with van der Waals surface area (Å²) in [5.41, 5.74) is 0.733. The largest absolute Gasteiger partial charge is 0.466 e. The third-order valence-corrected chi connectivity index (χ3v) is 4.19. The molecule has 0 amide bonds. The predicted octanol–water partition coefficient (Wildman–Crippen LogP) is 2.40. The predicted molar refractivity (Wildman–Crippen MR) is 73.1 cm³/mol. The topological polar surface area (TPSA) is 44.8 Å². The van der Waals surface area contributed by atoms with Gasteiger partial charge in [-0.1, -0.05) is 36.9 Å². The third-order valence-electron chi connectivity index (χ3n) is 4.19. The number of ether oxygens (including phenoxy) is 3. The van der Waals surface area contributed by atoms with Crippen LogP contribution in [0.4, 0.5) is 0 Å². The van der Waals surface area contributed by atoms with Gasteiger partial charge in [0.1, 0.15) is 5.60 Å². The molecule has 0 spiro atoms. The van der Waals surface area contributed by atoms with Crippen molar-refractivity contribution in [3.63, 3.8) is 0 Å². The lowest BCUT2D eigenvalue weighted by Crippen LogP contribution is -2.40. The highest BCUT2D eigenvalue weighted by atomic mass is 16.6. The fraction of sp³-hybridized carbons (Fsp3) is 0.438. The van der Waals surface area contributed by atoms with Gasteiger partial charge in [-0.3, -0.25) is 0 Å². The number of hydrogen-bond acceptors (Lipinski definition) is 4. The minimum Gasteiger partial charge on any atom is -0.466 e. The lowest BCUT2D eigenvalue weighted by molar-refractivity contribution is -0.139. The van der Waals surface area contributed by atoms with E-state index in [0.29, 0.717) is 18.6 Å². The Morgan fingerprint density at radius 1 is 1.40 bits per heavy atom. The molecule has 0 bridgehead atoms. The maximum Gasteiger partial charge on any atom is 0.336 e. The van der Waals surface area contributed by atoms with Gasteiger partial charge >= 0.3 is 5.97 Å². The minimum atomic E-state index is -0.729. The van der Waals surface area contributed by atoms with Gasteiger partial charge in [-0.2, -0.15) is 0 Å². The standard InChI is InChI=1S/C16H18O4/c1-11(15(17)18-2)16-10-13(12-6-4-3-5-7-12)20-14(16)8-9-19-16/h3-7,13-14H,1,8-10H2,2H3. The van der Waals surface area contributed by atoms with Gasteiger partial charge in [-0.25, -0.2) is 4.79 Å². The number of fused-ring (bicyclic) bond motifs is 1. The number of carbonyl (C=O) groups excluding carboxylic acids is 1. The summed E-state index contributed by atoms with van der Waals surface area (Å²) >= 11 is 0. The number of esters is 1. The number of hydrogen-bond donors (Lipinski definition) is 0. The van der Waals surface area contributed by atoms with Crippen LogP contribution in [0, 0.1) is 0 Å². The molecule has 0 aliphatic carbocycles. The molecule has 4 nitrogen and oxygen atoms in total. The van der Waals surface area contributed by atoms with Gasteiger partial charge in [0.25, 0.3) is 0 Å². The van der Waals surface area contributed by atoms with E-state index in [4.69, 9.17) is 14.2 Å². The van der Waals surface area contributed by atoms with Crippen molar-refractivity contribution in [2.75, 3.05) is 13.7 Å². The first-order chi connectivity index (χ1) is 9.67. The van der Waals surface area contributed by atoms with Crippen LogP contribution in [0.5, 0.6) is 0 Å². The summed E-state index contributed by atoms with van der Waals surface area (Å²) in [6.45, 7) is 4.47. The molecule has 0 saturated carbocycles. The van der Waals surface area contributed by atoms with E-state index in [1.165, 1.54) is 7.11 Å². The van der Waals surface area contributed by atoms with E-state index < -0.39 is 11.6 Å². The lowest BCUT2D eigenvalue weighted by Gasteiger charge is -2.27. The van der Waals surface area contributed by atoms with E-state index in [9.17, 15) is 4.79 Å². The summed E-state index contributed by atoms with van der Waals surface area (Å²) in [5, 5.41) is 0. The van der Waals surface area contributed by atoms with Crippen LogP contribution in [0.25, 0.3) is 0 Å². The van der Waals surface area contributed by atoms with Crippen molar-refractivity contribution in [2.24, 2.45) is 0 Å². The van der Waals surface area contributed by atoms with Gasteiger partial charge in [-0.05, 0) is 5.56 Å². The molecule has 106 valence electrons. The molecule has 2 aliphatic heterocycles. The van der Waals surface area contributed by atoms with Crippen LogP contribution in [0.2, 0.25) is 0 Å². The zero-order chi connectivity index (χ0) is 14.2. The molecule has 2 heterocycles. The molecule has 2 saturated heterocycles. The van der Waals surface area contributed by atoms with Crippen LogP contribution in [0.15, 0.2) is 42.5 Å². The van der Waals surface area contributed by atoms with E-state index in [0.717, 1.165) is 12.0 Å². The monoisotopic (exact) mass is 274 g/mol. The fourth-order valence-corrected chi connectivity index (χ4v) is 3.13. The highest BCUT2D eigenvalue weighted by molar-refractivity contribution is 5.90. The first-order valence-corrected chi connectivity index (χ1v) is 6.79. The smallest absolute Gasteiger partial charge is 0.336 e. The average molecular weight is 274 g/mol. The Kier molecular flexibility index (Phi) is 3.36. The van der Waals surface area contributed by atoms with Crippen molar-refractivity contribution in [2.45, 2.75) is 30.7 Å². The molecule has 2 aliphatic rings. The first-order valence-electron chi connectivity index (χ1n) is 6.79. The summed E-state index contributed by atoms with van der Waals surface area (Å²) < 4.78 is 16.8. The quantitative estimate of drug-likeness (QED) is 0.627. The molecule has 1 aromatic rings. The summed E-state index contributed by atoms with van der Waals surface area (Å²) in [4.78, 5) is 11.8. The van der Waals surface area contributed by atoms with E-state index in [1.54, 1.807) is 0 Å². The molecule has 3 rings (SSSR count). The van der Waals surface area contributed by atoms with Crippen LogP contribution < -0.4 is 0 Å². The van der Waals surface area contributed by atoms with Gasteiger partial charge in [0.05, 0.1) is 31.5 Å². The number of benzene rings is 1. The molecule has 4 heteroatoms. The van der Waals surface area contributed by atoms with Crippen molar-refractivity contribution in [3.05, 3.63) is 48.0 Å². The minimum absolute atomic E-state index is 0.0668. The molecular weight excluding hydrogens is 256 g/mol. The Bertz CT molecular complexity index is 525. The Morgan fingerprint density at radius 3 is 2.85 bits per heavy atom. The maximum atomic E-state index is 11.8. The molecule has 3 atom stereocenters. The van der Waals surface area contributed by atoms with Crippen LogP contribution in [0.1, 0.15) is 24.5 Å². The van der Waals surface area contributed by atoms with Crippen molar-refractivity contribution in [1.82, 2.24) is 0 Å². The van der Waals surface area contributed by atoms with Crippen LogP contribution in [0.3, 0.4) is 0 Å². The SMILES string of the molecule is C=C(C(=O)OC)C12CC(c3ccccc3)OC1CCO2. The van der Waals surface area contributed by atoms with E-state index in [1.807, 2.05) is 30.3 Å². The highest BCUT2D eigenvalue weighted by Crippen LogP contribution is 2.50. The molecule has 20 heavy (non-hydrogen) atoms. The second-order valence-corrected chi connectivity index (χ2v) is 5.22. The molecule has 0 radical (unpaired) electrons. The van der Waals surface area contributed by atoms with Crippen molar-refractivity contribution in [1.29, 1.82) is 0 Å². The number of carbonyl (C=O) groups is 1. The molecule has 1 aromatic carbocycles. The number of rotatable bonds is 3. The van der Waals surface area contributed by atoms with Gasteiger partial charge in [0.2, 0.25) is 0 Å². The Morgan fingerprint density at radius 2 is 2.15 bits per heavy atom. The lowest BCUT2D eigenvalue weighted by atomic mass is 9.85. The second-order valence-electron chi connectivity index (χ2n) is 5.22. The normalized spacial score (nSPS) is 31.9. The van der Waals surface area contributed by atoms with Gasteiger partial charge in [0.15, 0.2) is 0 Å². The Balaban J connectivity index is 1.88. The van der Waals surface area contributed by atoms with Gasteiger partial charge in [-0.15, -0.1) is 0 Å². The number of methoxy groups -OCH3 is 1. The van der Waals surface area contributed by atoms with Crippen LogP contribution in [-0.2, 0) is 19.0 Å². The summed E-state index contributed by atoms with van der Waals surface area (Å²) in [6, 6.07) is 9.99. The summed E-state index contributed by atoms with van der Waals surface area (Å²) in [6.07, 6.45) is 1.19. The van der Waals surface area contributed by atoms with Crippen LogP contribution in [-0.4, -0.2) is 31.4 Å². The molecular formula is C16H18O4. The van der Waals surface area contributed by atoms with Crippen molar-refractivity contribution in [3.8, 4) is 0 Å². The molecule has 3 unspecified atom stereocenters. The zero-order valence-electron chi connectivity index (χ0n) is 11.5. The Hall–Kier alpha value is -1.65. The van der Waals surface area contributed by atoms with E-state index in [-0.39, 0.29) is 12.2 Å². The summed E-state index contributed by atoms with van der Waals surface area (Å²) in [7, 11) is 1.36. The highest BCUT2D eigenvalue weighted by Gasteiger charge is 2.56. The maximum absolute atomic E-state index is 11.8. The Labute approximate surface area is 118 Å². The van der Waals surface area contributed by atoms with Crippen molar-refractivity contribution >= 4 is 5.97 Å². The molecule has 0 N–H and O–H groups in total. The van der Waals surface area contributed by atoms with Crippen molar-refractivity contribution < 1.29 is 19.0 Å². The first kappa shape index (κ1) is 13.3. The van der Waals surface area contributed by atoms with E-state index in [2.05, 4.69) is 6.58 Å². The van der Waals surface area contributed by atoms with Gasteiger partial charge in [0, 0.05) is 12.8 Å². The van der Waals surface area contributed by atoms with E-state index >= 15 is 0 Å². The zero-order valence-corrected chi connectivity index (χ0v) is 11.5. The van der Waals surface area contributed by atoms with Gasteiger partial charge < -0.3 is 14.2 Å². The third kappa shape index (κ3) is 1.96. The average Bonchev–Trinajstić information content (AvgIpc) is 3.04. The van der Waals surface area contributed by atoms with Crippen LogP contribution >= 0.6 is 0 Å². The fourth-order valence-electron chi connectivity index (χ4n) is 3.13. The molecule has 0 aromatic heterocycles.